The molecule has 210 valence electrons. The van der Waals surface area contributed by atoms with Crippen molar-refractivity contribution in [1.82, 2.24) is 14.5 Å². The van der Waals surface area contributed by atoms with Crippen molar-refractivity contribution in [1.29, 1.82) is 0 Å². The lowest BCUT2D eigenvalue weighted by Crippen LogP contribution is -2.29. The zero-order valence-electron chi connectivity index (χ0n) is 24.4. The number of benzene rings is 5. The molecule has 0 bridgehead atoms. The summed E-state index contributed by atoms with van der Waals surface area (Å²) in [6.45, 7) is 0.840. The maximum absolute atomic E-state index is 5.04. The van der Waals surface area contributed by atoms with Gasteiger partial charge in [0.05, 0.1) is 28.8 Å². The third-order valence-electron chi connectivity index (χ3n) is 9.40. The first kappa shape index (κ1) is 24.9. The van der Waals surface area contributed by atoms with Gasteiger partial charge in [-0.25, -0.2) is 0 Å². The van der Waals surface area contributed by atoms with Gasteiger partial charge in [-0.2, -0.15) is 0 Å². The van der Waals surface area contributed by atoms with E-state index in [1.807, 2.05) is 12.3 Å². The Morgan fingerprint density at radius 2 is 1.32 bits per heavy atom. The quantitative estimate of drug-likeness (QED) is 0.213. The number of para-hydroxylation sites is 1. The molecule has 3 heterocycles. The molecule has 2 aliphatic rings. The minimum atomic E-state index is -0.542. The van der Waals surface area contributed by atoms with Crippen LogP contribution in [0.5, 0.6) is 0 Å². The second-order valence-corrected chi connectivity index (χ2v) is 11.8. The minimum absolute atomic E-state index is 0.542. The zero-order valence-corrected chi connectivity index (χ0v) is 24.4. The van der Waals surface area contributed by atoms with Crippen LogP contribution in [0.1, 0.15) is 22.4 Å². The maximum Gasteiger partial charge on any atom is 0.0938 e. The van der Waals surface area contributed by atoms with Crippen molar-refractivity contribution in [2.45, 2.75) is 5.41 Å². The summed E-state index contributed by atoms with van der Waals surface area (Å²) in [5.41, 5.74) is 11.5. The number of anilines is 1. The van der Waals surface area contributed by atoms with Crippen molar-refractivity contribution in [3.05, 3.63) is 174 Å². The highest BCUT2D eigenvalue weighted by molar-refractivity contribution is 6.10. The number of fused-ring (bicyclic) bond motifs is 6. The Labute approximate surface area is 256 Å². The molecule has 1 aliphatic carbocycles. The number of nitrogens with zero attached hydrogens (tertiary/aromatic N) is 4. The molecule has 5 aromatic carbocycles. The van der Waals surface area contributed by atoms with Gasteiger partial charge in [-0.15, -0.1) is 0 Å². The second kappa shape index (κ2) is 9.45. The normalized spacial score (nSPS) is 14.8. The lowest BCUT2D eigenvalue weighted by molar-refractivity contribution is 0.496. The summed E-state index contributed by atoms with van der Waals surface area (Å²) in [7, 11) is 2.11. The molecule has 7 aromatic rings. The summed E-state index contributed by atoms with van der Waals surface area (Å²) in [6, 6.07) is 48.7. The molecule has 0 atom stereocenters. The monoisotopic (exact) mass is 566 g/mol. The molecule has 44 heavy (non-hydrogen) atoms. The summed E-state index contributed by atoms with van der Waals surface area (Å²) in [4.78, 5) is 9.52. The number of aromatic nitrogens is 2. The first-order chi connectivity index (χ1) is 21.7. The van der Waals surface area contributed by atoms with Gasteiger partial charge >= 0.3 is 0 Å². The standard InChI is InChI=1S/C40H30N4/c1-42-23-24-43(27-42)29-20-21-34-33-15-4-7-18-37(33)44(38(34)26-29)30-12-10-11-28(25-30)40(39-19-8-9-22-41-39)35-16-5-2-13-31(35)32-14-3-6-17-36(32)40/h2-26H,27H2,1H3. The van der Waals surface area contributed by atoms with Crippen molar-refractivity contribution in [3.8, 4) is 16.8 Å². The highest BCUT2D eigenvalue weighted by atomic mass is 15.3. The van der Waals surface area contributed by atoms with E-state index in [0.717, 1.165) is 18.1 Å². The highest BCUT2D eigenvalue weighted by Gasteiger charge is 2.47. The van der Waals surface area contributed by atoms with Gasteiger partial charge in [0.2, 0.25) is 0 Å². The Kier molecular flexibility index (Phi) is 5.36. The van der Waals surface area contributed by atoms with Crippen LogP contribution in [0.15, 0.2) is 152 Å². The molecular weight excluding hydrogens is 536 g/mol. The fourth-order valence-corrected chi connectivity index (χ4v) is 7.55. The van der Waals surface area contributed by atoms with Crippen LogP contribution in [0.2, 0.25) is 0 Å². The van der Waals surface area contributed by atoms with Gasteiger partial charge in [-0.3, -0.25) is 4.98 Å². The summed E-state index contributed by atoms with van der Waals surface area (Å²) in [5, 5.41) is 2.51. The van der Waals surface area contributed by atoms with E-state index < -0.39 is 5.41 Å². The van der Waals surface area contributed by atoms with E-state index in [0.29, 0.717) is 0 Å². The topological polar surface area (TPSA) is 24.3 Å². The molecule has 0 fully saturated rings. The van der Waals surface area contributed by atoms with E-state index in [2.05, 4.69) is 161 Å². The van der Waals surface area contributed by atoms with Gasteiger partial charge in [0, 0.05) is 47.8 Å². The molecule has 2 aromatic heterocycles. The van der Waals surface area contributed by atoms with Gasteiger partial charge in [-0.1, -0.05) is 91.0 Å². The Hall–Kier alpha value is -5.61. The van der Waals surface area contributed by atoms with E-state index in [4.69, 9.17) is 4.98 Å². The van der Waals surface area contributed by atoms with Crippen LogP contribution in [-0.4, -0.2) is 28.2 Å². The predicted molar refractivity (Wildman–Crippen MR) is 180 cm³/mol. The number of hydrogen-bond donors (Lipinski definition) is 0. The zero-order chi connectivity index (χ0) is 29.3. The van der Waals surface area contributed by atoms with Crippen LogP contribution >= 0.6 is 0 Å². The van der Waals surface area contributed by atoms with Crippen LogP contribution < -0.4 is 4.90 Å². The van der Waals surface area contributed by atoms with Crippen molar-refractivity contribution in [3.63, 3.8) is 0 Å². The van der Waals surface area contributed by atoms with Gasteiger partial charge in [-0.05, 0) is 70.3 Å². The molecule has 0 amide bonds. The fourth-order valence-electron chi connectivity index (χ4n) is 7.55. The van der Waals surface area contributed by atoms with Crippen LogP contribution in [0.25, 0.3) is 38.6 Å². The third-order valence-corrected chi connectivity index (χ3v) is 9.40. The minimum Gasteiger partial charge on any atom is -0.361 e. The third kappa shape index (κ3) is 3.42. The molecule has 0 radical (unpaired) electrons. The van der Waals surface area contributed by atoms with E-state index in [-0.39, 0.29) is 0 Å². The number of pyridine rings is 1. The number of hydrogen-bond acceptors (Lipinski definition) is 3. The van der Waals surface area contributed by atoms with E-state index in [1.165, 1.54) is 55.3 Å². The summed E-state index contributed by atoms with van der Waals surface area (Å²) < 4.78 is 2.43. The molecule has 0 spiro atoms. The van der Waals surface area contributed by atoms with Gasteiger partial charge < -0.3 is 14.4 Å². The van der Waals surface area contributed by atoms with Crippen molar-refractivity contribution in [2.24, 2.45) is 0 Å². The van der Waals surface area contributed by atoms with Crippen LogP contribution in [0.4, 0.5) is 5.69 Å². The molecule has 4 nitrogen and oxygen atoms in total. The first-order valence-electron chi connectivity index (χ1n) is 15.1. The largest absolute Gasteiger partial charge is 0.361 e. The summed E-state index contributed by atoms with van der Waals surface area (Å²) >= 11 is 0. The molecule has 0 saturated heterocycles. The van der Waals surface area contributed by atoms with Crippen LogP contribution in [0.3, 0.4) is 0 Å². The van der Waals surface area contributed by atoms with Gasteiger partial charge in [0.15, 0.2) is 0 Å². The molecule has 0 unspecified atom stereocenters. The lowest BCUT2D eigenvalue weighted by Gasteiger charge is -2.33. The summed E-state index contributed by atoms with van der Waals surface area (Å²) in [5.74, 6) is 0. The highest BCUT2D eigenvalue weighted by Crippen LogP contribution is 2.55. The van der Waals surface area contributed by atoms with E-state index >= 15 is 0 Å². The van der Waals surface area contributed by atoms with E-state index in [1.54, 1.807) is 0 Å². The molecule has 4 heteroatoms. The second-order valence-electron chi connectivity index (χ2n) is 11.8. The Balaban J connectivity index is 1.33. The molecular formula is C40H30N4. The molecule has 1 aliphatic heterocycles. The van der Waals surface area contributed by atoms with E-state index in [9.17, 15) is 0 Å². The van der Waals surface area contributed by atoms with Crippen LogP contribution in [0, 0.1) is 0 Å². The Morgan fingerprint density at radius 1 is 0.591 bits per heavy atom. The smallest absolute Gasteiger partial charge is 0.0938 e. The number of rotatable bonds is 4. The first-order valence-corrected chi connectivity index (χ1v) is 15.1. The molecule has 0 saturated carbocycles. The average Bonchev–Trinajstić information content (AvgIpc) is 3.76. The van der Waals surface area contributed by atoms with Crippen molar-refractivity contribution >= 4 is 27.5 Å². The Bertz CT molecular complexity index is 2200. The predicted octanol–water partition coefficient (Wildman–Crippen LogP) is 8.72. The summed E-state index contributed by atoms with van der Waals surface area (Å²) in [6.07, 6.45) is 6.20. The van der Waals surface area contributed by atoms with Crippen molar-refractivity contribution in [2.75, 3.05) is 18.6 Å². The maximum atomic E-state index is 5.04. The lowest BCUT2D eigenvalue weighted by atomic mass is 9.69. The van der Waals surface area contributed by atoms with Crippen molar-refractivity contribution < 1.29 is 0 Å². The molecule has 9 rings (SSSR count). The van der Waals surface area contributed by atoms with Crippen LogP contribution in [-0.2, 0) is 5.41 Å². The van der Waals surface area contributed by atoms with Gasteiger partial charge in [0.25, 0.3) is 0 Å². The fraction of sp³-hybridized carbons (Fsp3) is 0.0750. The molecule has 0 N–H and O–H groups in total. The Morgan fingerprint density at radius 3 is 2.07 bits per heavy atom. The SMILES string of the molecule is CN1C=CN(c2ccc3c4ccccc4n(-c4cccc(C5(c6ccccn6)c6ccccc6-c6ccccc65)c4)c3c2)C1. The average molecular weight is 567 g/mol. The van der Waals surface area contributed by atoms with Gasteiger partial charge in [0.1, 0.15) is 0 Å².